The third-order valence-corrected chi connectivity index (χ3v) is 2.93. The van der Waals surface area contributed by atoms with Crippen molar-refractivity contribution in [1.29, 1.82) is 0 Å². The van der Waals surface area contributed by atoms with Crippen LogP contribution in [-0.4, -0.2) is 32.9 Å². The fourth-order valence-electron chi connectivity index (χ4n) is 1.40. The molecule has 8 heteroatoms. The molecule has 0 spiro atoms. The minimum absolute atomic E-state index is 0.218. The van der Waals surface area contributed by atoms with Gasteiger partial charge in [0.05, 0.1) is 11.9 Å². The Labute approximate surface area is 132 Å². The van der Waals surface area contributed by atoms with Gasteiger partial charge in [-0.25, -0.2) is 4.98 Å². The van der Waals surface area contributed by atoms with Crippen LogP contribution in [0.3, 0.4) is 0 Å². The second kappa shape index (κ2) is 8.52. The van der Waals surface area contributed by atoms with E-state index in [-0.39, 0.29) is 6.61 Å². The second-order valence-electron chi connectivity index (χ2n) is 4.10. The molecular weight excluding hydrogens is 325 g/mol. The van der Waals surface area contributed by atoms with Crippen LogP contribution in [0.25, 0.3) is 0 Å². The van der Waals surface area contributed by atoms with E-state index in [0.29, 0.717) is 11.5 Å². The number of alkyl halides is 3. The number of carbonyl (C=O) groups is 1. The van der Waals surface area contributed by atoms with Crippen LogP contribution in [0.4, 0.5) is 11.5 Å². The highest BCUT2D eigenvalue weighted by Gasteiger charge is 2.30. The van der Waals surface area contributed by atoms with Gasteiger partial charge in [0, 0.05) is 13.2 Å². The molecular formula is C12H16Cl3N3O2. The van der Waals surface area contributed by atoms with Gasteiger partial charge in [-0.2, -0.15) is 0 Å². The highest BCUT2D eigenvalue weighted by atomic mass is 35.6. The van der Waals surface area contributed by atoms with Crippen molar-refractivity contribution in [2.24, 2.45) is 0 Å². The smallest absolute Gasteiger partial charge is 0.276 e. The number of amides is 1. The van der Waals surface area contributed by atoms with Gasteiger partial charge in [-0.05, 0) is 31.4 Å². The molecule has 0 aliphatic carbocycles. The molecule has 3 N–H and O–H groups in total. The lowest BCUT2D eigenvalue weighted by atomic mass is 10.2. The third-order valence-electron chi connectivity index (χ3n) is 2.42. The Morgan fingerprint density at radius 2 is 2.00 bits per heavy atom. The lowest BCUT2D eigenvalue weighted by Crippen LogP contribution is -2.26. The van der Waals surface area contributed by atoms with E-state index in [4.69, 9.17) is 39.9 Å². The quantitative estimate of drug-likeness (QED) is 0.527. The number of hydrogen-bond acceptors (Lipinski definition) is 4. The van der Waals surface area contributed by atoms with E-state index in [1.54, 1.807) is 12.1 Å². The van der Waals surface area contributed by atoms with E-state index in [1.165, 1.54) is 6.20 Å². The summed E-state index contributed by atoms with van der Waals surface area (Å²) >= 11 is 16.3. The fourth-order valence-corrected chi connectivity index (χ4v) is 1.55. The molecule has 0 aliphatic rings. The molecule has 1 aromatic heterocycles. The zero-order chi connectivity index (χ0) is 15.0. The maximum Gasteiger partial charge on any atom is 0.276 e. The zero-order valence-electron chi connectivity index (χ0n) is 10.7. The van der Waals surface area contributed by atoms with Gasteiger partial charge in [-0.15, -0.1) is 0 Å². The van der Waals surface area contributed by atoms with E-state index in [1.807, 2.05) is 0 Å². The topological polar surface area (TPSA) is 74.2 Å². The number of carbonyl (C=O) groups excluding carboxylic acids is 1. The molecule has 1 heterocycles. The zero-order valence-corrected chi connectivity index (χ0v) is 13.0. The summed E-state index contributed by atoms with van der Waals surface area (Å²) in [5.41, 5.74) is 0.451. The number of aliphatic hydroxyl groups excluding tert-OH is 1. The Morgan fingerprint density at radius 3 is 2.55 bits per heavy atom. The van der Waals surface area contributed by atoms with Gasteiger partial charge in [0.2, 0.25) is 0 Å². The third kappa shape index (κ3) is 6.61. The van der Waals surface area contributed by atoms with E-state index in [2.05, 4.69) is 15.6 Å². The number of nitrogens with zero attached hydrogens (tertiary/aromatic N) is 1. The molecule has 20 heavy (non-hydrogen) atoms. The lowest BCUT2D eigenvalue weighted by Gasteiger charge is -2.11. The number of nitrogens with one attached hydrogen (secondary N) is 2. The maximum absolute atomic E-state index is 11.4. The van der Waals surface area contributed by atoms with E-state index in [0.717, 1.165) is 25.8 Å². The number of hydrogen-bond donors (Lipinski definition) is 3. The van der Waals surface area contributed by atoms with Gasteiger partial charge in [0.1, 0.15) is 5.82 Å². The maximum atomic E-state index is 11.4. The van der Waals surface area contributed by atoms with Crippen LogP contribution in [0.2, 0.25) is 0 Å². The number of unbranched alkanes of at least 4 members (excludes halogenated alkanes) is 2. The number of rotatable bonds is 7. The first-order valence-corrected chi connectivity index (χ1v) is 7.26. The van der Waals surface area contributed by atoms with Gasteiger partial charge < -0.3 is 15.7 Å². The molecule has 0 aliphatic heterocycles. The molecule has 5 nitrogen and oxygen atoms in total. The first kappa shape index (κ1) is 17.3. The van der Waals surface area contributed by atoms with Crippen LogP contribution in [0, 0.1) is 0 Å². The normalized spacial score (nSPS) is 11.2. The van der Waals surface area contributed by atoms with Crippen LogP contribution in [0.5, 0.6) is 0 Å². The lowest BCUT2D eigenvalue weighted by molar-refractivity contribution is -0.115. The van der Waals surface area contributed by atoms with Crippen molar-refractivity contribution in [3.8, 4) is 0 Å². The fraction of sp³-hybridized carbons (Fsp3) is 0.500. The monoisotopic (exact) mass is 339 g/mol. The van der Waals surface area contributed by atoms with Crippen LogP contribution < -0.4 is 10.6 Å². The highest BCUT2D eigenvalue weighted by Crippen LogP contribution is 2.27. The molecule has 0 atom stereocenters. The van der Waals surface area contributed by atoms with Crippen molar-refractivity contribution in [3.63, 3.8) is 0 Å². The molecule has 0 saturated heterocycles. The summed E-state index contributed by atoms with van der Waals surface area (Å²) in [7, 11) is 0. The molecule has 1 rings (SSSR count). The van der Waals surface area contributed by atoms with Crippen molar-refractivity contribution in [1.82, 2.24) is 4.98 Å². The van der Waals surface area contributed by atoms with Gasteiger partial charge in [0.15, 0.2) is 0 Å². The predicted octanol–water partition coefficient (Wildman–Crippen LogP) is 2.96. The van der Waals surface area contributed by atoms with Gasteiger partial charge >= 0.3 is 0 Å². The standard InChI is InChI=1S/C12H16Cl3N3O2/c13-12(14,15)11(20)18-9-4-5-10(17-8-9)16-6-2-1-3-7-19/h4-5,8,19H,1-3,6-7H2,(H,16,17)(H,18,20). The van der Waals surface area contributed by atoms with Crippen molar-refractivity contribution < 1.29 is 9.90 Å². The summed E-state index contributed by atoms with van der Waals surface area (Å²) in [5, 5.41) is 14.2. The number of aliphatic hydroxyl groups is 1. The minimum atomic E-state index is -2.00. The first-order chi connectivity index (χ1) is 9.43. The molecule has 0 saturated carbocycles. The Bertz CT molecular complexity index is 421. The summed E-state index contributed by atoms with van der Waals surface area (Å²) in [5.74, 6) is -0.0325. The largest absolute Gasteiger partial charge is 0.396 e. The van der Waals surface area contributed by atoms with Crippen LogP contribution >= 0.6 is 34.8 Å². The molecule has 0 aromatic carbocycles. The average molecular weight is 341 g/mol. The van der Waals surface area contributed by atoms with Crippen LogP contribution in [0.1, 0.15) is 19.3 Å². The van der Waals surface area contributed by atoms with Gasteiger partial charge in [-0.1, -0.05) is 34.8 Å². The number of aromatic nitrogens is 1. The molecule has 1 amide bonds. The van der Waals surface area contributed by atoms with Crippen LogP contribution in [0.15, 0.2) is 18.3 Å². The second-order valence-corrected chi connectivity index (χ2v) is 6.38. The average Bonchev–Trinajstić information content (AvgIpc) is 2.39. The molecule has 112 valence electrons. The minimum Gasteiger partial charge on any atom is -0.396 e. The van der Waals surface area contributed by atoms with Crippen molar-refractivity contribution in [2.75, 3.05) is 23.8 Å². The molecule has 0 radical (unpaired) electrons. The summed E-state index contributed by atoms with van der Waals surface area (Å²) in [6.45, 7) is 0.989. The van der Waals surface area contributed by atoms with E-state index >= 15 is 0 Å². The van der Waals surface area contributed by atoms with E-state index in [9.17, 15) is 4.79 Å². The Balaban J connectivity index is 2.39. The molecule has 0 unspecified atom stereocenters. The van der Waals surface area contributed by atoms with Crippen molar-refractivity contribution >= 4 is 52.2 Å². The Morgan fingerprint density at radius 1 is 1.25 bits per heavy atom. The molecule has 0 bridgehead atoms. The number of halogens is 3. The number of anilines is 2. The van der Waals surface area contributed by atoms with Crippen LogP contribution in [-0.2, 0) is 4.79 Å². The summed E-state index contributed by atoms with van der Waals surface area (Å²) in [6, 6.07) is 3.39. The van der Waals surface area contributed by atoms with Gasteiger partial charge in [0.25, 0.3) is 9.70 Å². The van der Waals surface area contributed by atoms with Gasteiger partial charge in [-0.3, -0.25) is 4.79 Å². The SMILES string of the molecule is O=C(Nc1ccc(NCCCCCO)nc1)C(Cl)(Cl)Cl. The van der Waals surface area contributed by atoms with E-state index < -0.39 is 9.70 Å². The Kier molecular flexibility index (Phi) is 7.37. The summed E-state index contributed by atoms with van der Waals surface area (Å²) in [4.78, 5) is 15.5. The highest BCUT2D eigenvalue weighted by molar-refractivity contribution is 6.76. The number of pyridine rings is 1. The van der Waals surface area contributed by atoms with Crippen molar-refractivity contribution in [3.05, 3.63) is 18.3 Å². The summed E-state index contributed by atoms with van der Waals surface area (Å²) in [6.07, 6.45) is 4.19. The molecule has 0 fully saturated rings. The molecule has 1 aromatic rings. The van der Waals surface area contributed by atoms with Crippen molar-refractivity contribution in [2.45, 2.75) is 23.1 Å². The Hall–Kier alpha value is -0.750. The first-order valence-electron chi connectivity index (χ1n) is 6.12. The predicted molar refractivity (Wildman–Crippen MR) is 82.6 cm³/mol. The summed E-state index contributed by atoms with van der Waals surface area (Å²) < 4.78 is -2.00.